The molecule has 2 aliphatic heterocycles. The predicted molar refractivity (Wildman–Crippen MR) is 87.0 cm³/mol. The van der Waals surface area contributed by atoms with Crippen molar-refractivity contribution in [1.29, 1.82) is 0 Å². The van der Waals surface area contributed by atoms with Crippen molar-refractivity contribution in [3.63, 3.8) is 0 Å². The van der Waals surface area contributed by atoms with E-state index >= 15 is 0 Å². The lowest BCUT2D eigenvalue weighted by molar-refractivity contribution is 0.0341. The van der Waals surface area contributed by atoms with Gasteiger partial charge in [-0.3, -0.25) is 4.90 Å². The molecule has 1 atom stereocenters. The molecular formula is C15H24N2O2S2. The lowest BCUT2D eigenvalue weighted by Gasteiger charge is -2.51. The molecule has 0 radical (unpaired) electrons. The number of hydrogen-bond donors (Lipinski definition) is 0. The number of likely N-dealkylation sites (tertiary alicyclic amines) is 1. The zero-order valence-electron chi connectivity index (χ0n) is 12.6. The summed E-state index contributed by atoms with van der Waals surface area (Å²) in [6, 6.07) is 4.25. The summed E-state index contributed by atoms with van der Waals surface area (Å²) in [6.45, 7) is 3.62. The van der Waals surface area contributed by atoms with Crippen molar-refractivity contribution in [2.45, 2.75) is 44.2 Å². The van der Waals surface area contributed by atoms with Crippen molar-refractivity contribution in [3.05, 3.63) is 22.4 Å². The van der Waals surface area contributed by atoms with Crippen LogP contribution in [0, 0.1) is 0 Å². The van der Waals surface area contributed by atoms with E-state index in [0.717, 1.165) is 51.7 Å². The molecule has 3 rings (SSSR count). The SMILES string of the molecule is CS(=O)(=O)N1CCCC[C@]12CCCN(Cc1cccs1)C2. The molecule has 2 aliphatic rings. The van der Waals surface area contributed by atoms with Gasteiger partial charge in [0.1, 0.15) is 0 Å². The van der Waals surface area contributed by atoms with Crippen LogP contribution in [0.25, 0.3) is 0 Å². The average Bonchev–Trinajstić information content (AvgIpc) is 2.91. The number of thiophene rings is 1. The molecule has 3 heterocycles. The summed E-state index contributed by atoms with van der Waals surface area (Å²) in [5.41, 5.74) is -0.151. The summed E-state index contributed by atoms with van der Waals surface area (Å²) in [5.74, 6) is 0. The minimum atomic E-state index is -3.11. The summed E-state index contributed by atoms with van der Waals surface area (Å²) < 4.78 is 26.2. The van der Waals surface area contributed by atoms with E-state index in [1.807, 2.05) is 4.31 Å². The second-order valence-corrected chi connectivity index (χ2v) is 9.35. The van der Waals surface area contributed by atoms with Gasteiger partial charge in [-0.15, -0.1) is 11.3 Å². The van der Waals surface area contributed by atoms with Crippen molar-refractivity contribution >= 4 is 21.4 Å². The Morgan fingerprint density at radius 3 is 2.76 bits per heavy atom. The van der Waals surface area contributed by atoms with Crippen molar-refractivity contribution < 1.29 is 8.42 Å². The quantitative estimate of drug-likeness (QED) is 0.856. The Balaban J connectivity index is 1.79. The van der Waals surface area contributed by atoms with Crippen molar-refractivity contribution in [1.82, 2.24) is 9.21 Å². The number of rotatable bonds is 3. The van der Waals surface area contributed by atoms with Crippen LogP contribution in [0.2, 0.25) is 0 Å². The second-order valence-electron chi connectivity index (χ2n) is 6.41. The normalized spacial score (nSPS) is 29.0. The highest BCUT2D eigenvalue weighted by Gasteiger charge is 2.45. The highest BCUT2D eigenvalue weighted by molar-refractivity contribution is 7.88. The first-order chi connectivity index (χ1) is 10.00. The fraction of sp³-hybridized carbons (Fsp3) is 0.733. The molecule has 118 valence electrons. The molecule has 4 nitrogen and oxygen atoms in total. The maximum atomic E-state index is 12.2. The van der Waals surface area contributed by atoms with Crippen LogP contribution in [-0.4, -0.2) is 49.1 Å². The van der Waals surface area contributed by atoms with Gasteiger partial charge in [-0.25, -0.2) is 8.42 Å². The number of piperidine rings is 2. The molecule has 1 aromatic heterocycles. The molecule has 0 amide bonds. The smallest absolute Gasteiger partial charge is 0.211 e. The first kappa shape index (κ1) is 15.5. The van der Waals surface area contributed by atoms with E-state index in [-0.39, 0.29) is 5.54 Å². The summed E-state index contributed by atoms with van der Waals surface area (Å²) in [7, 11) is -3.11. The molecule has 1 spiro atoms. The zero-order valence-corrected chi connectivity index (χ0v) is 14.3. The highest BCUT2D eigenvalue weighted by Crippen LogP contribution is 2.38. The molecule has 2 fully saturated rings. The van der Waals surface area contributed by atoms with Crippen LogP contribution in [0.1, 0.15) is 37.0 Å². The van der Waals surface area contributed by atoms with Crippen LogP contribution in [0.15, 0.2) is 17.5 Å². The number of hydrogen-bond acceptors (Lipinski definition) is 4. The van der Waals surface area contributed by atoms with Gasteiger partial charge in [0.15, 0.2) is 0 Å². The van der Waals surface area contributed by atoms with Gasteiger partial charge >= 0.3 is 0 Å². The van der Waals surface area contributed by atoms with E-state index in [1.165, 1.54) is 11.1 Å². The predicted octanol–water partition coefficient (Wildman–Crippen LogP) is 2.53. The molecule has 0 unspecified atom stereocenters. The number of sulfonamides is 1. The van der Waals surface area contributed by atoms with E-state index in [0.29, 0.717) is 6.54 Å². The van der Waals surface area contributed by atoms with Crippen LogP contribution in [0.3, 0.4) is 0 Å². The zero-order chi connectivity index (χ0) is 14.9. The Morgan fingerprint density at radius 1 is 1.24 bits per heavy atom. The standard InChI is InChI=1S/C15H24N2O2S2/c1-21(18,19)17-10-3-2-7-15(17)8-5-9-16(13-15)12-14-6-4-11-20-14/h4,6,11H,2-3,5,7-10,12-13H2,1H3/t15-/m1/s1. The van der Waals surface area contributed by atoms with Crippen LogP contribution >= 0.6 is 11.3 Å². The molecule has 0 bridgehead atoms. The maximum Gasteiger partial charge on any atom is 0.211 e. The van der Waals surface area contributed by atoms with Crippen LogP contribution in [-0.2, 0) is 16.6 Å². The van der Waals surface area contributed by atoms with E-state index in [1.54, 1.807) is 11.3 Å². The number of nitrogens with zero attached hydrogens (tertiary/aromatic N) is 2. The summed E-state index contributed by atoms with van der Waals surface area (Å²) in [4.78, 5) is 3.81. The second kappa shape index (κ2) is 5.99. The Bertz CT molecular complexity index is 567. The lowest BCUT2D eigenvalue weighted by Crippen LogP contribution is -2.61. The monoisotopic (exact) mass is 328 g/mol. The van der Waals surface area contributed by atoms with Crippen LogP contribution in [0.5, 0.6) is 0 Å². The van der Waals surface area contributed by atoms with Crippen molar-refractivity contribution in [2.24, 2.45) is 0 Å². The fourth-order valence-corrected chi connectivity index (χ4v) is 6.11. The third-order valence-corrected chi connectivity index (χ3v) is 7.01. The Labute approximate surface area is 131 Å². The van der Waals surface area contributed by atoms with Crippen molar-refractivity contribution in [3.8, 4) is 0 Å². The molecule has 0 N–H and O–H groups in total. The molecule has 0 aromatic carbocycles. The highest BCUT2D eigenvalue weighted by atomic mass is 32.2. The lowest BCUT2D eigenvalue weighted by atomic mass is 9.81. The van der Waals surface area contributed by atoms with Gasteiger partial charge in [0.2, 0.25) is 10.0 Å². The van der Waals surface area contributed by atoms with E-state index in [9.17, 15) is 8.42 Å². The topological polar surface area (TPSA) is 40.6 Å². The first-order valence-corrected chi connectivity index (χ1v) is 10.5. The molecule has 0 saturated carbocycles. The minimum absolute atomic E-state index is 0.151. The van der Waals surface area contributed by atoms with Gasteiger partial charge in [0, 0.05) is 30.1 Å². The van der Waals surface area contributed by atoms with Gasteiger partial charge in [-0.05, 0) is 43.7 Å². The van der Waals surface area contributed by atoms with Crippen LogP contribution < -0.4 is 0 Å². The summed E-state index contributed by atoms with van der Waals surface area (Å²) >= 11 is 1.78. The van der Waals surface area contributed by atoms with Gasteiger partial charge < -0.3 is 0 Å². The Hall–Kier alpha value is -0.430. The van der Waals surface area contributed by atoms with Gasteiger partial charge in [0.25, 0.3) is 0 Å². The maximum absolute atomic E-state index is 12.2. The van der Waals surface area contributed by atoms with E-state index in [2.05, 4.69) is 22.4 Å². The van der Waals surface area contributed by atoms with E-state index < -0.39 is 10.0 Å². The summed E-state index contributed by atoms with van der Waals surface area (Å²) in [5, 5.41) is 2.11. The Morgan fingerprint density at radius 2 is 2.05 bits per heavy atom. The van der Waals surface area contributed by atoms with Gasteiger partial charge in [-0.2, -0.15) is 4.31 Å². The van der Waals surface area contributed by atoms with Crippen molar-refractivity contribution in [2.75, 3.05) is 25.9 Å². The molecular weight excluding hydrogens is 304 g/mol. The van der Waals surface area contributed by atoms with Gasteiger partial charge in [0.05, 0.1) is 6.26 Å². The van der Waals surface area contributed by atoms with Gasteiger partial charge in [-0.1, -0.05) is 12.5 Å². The third-order valence-electron chi connectivity index (χ3n) is 4.78. The molecule has 0 aliphatic carbocycles. The first-order valence-electron chi connectivity index (χ1n) is 7.72. The molecule has 21 heavy (non-hydrogen) atoms. The summed E-state index contributed by atoms with van der Waals surface area (Å²) in [6.07, 6.45) is 6.65. The average molecular weight is 329 g/mol. The molecule has 1 aromatic rings. The van der Waals surface area contributed by atoms with E-state index in [4.69, 9.17) is 0 Å². The third kappa shape index (κ3) is 3.33. The largest absolute Gasteiger partial charge is 0.296 e. The molecule has 2 saturated heterocycles. The fourth-order valence-electron chi connectivity index (χ4n) is 3.96. The minimum Gasteiger partial charge on any atom is -0.296 e. The Kier molecular flexibility index (Phi) is 4.41. The van der Waals surface area contributed by atoms with Crippen LogP contribution in [0.4, 0.5) is 0 Å². The molecule has 6 heteroatoms.